The lowest BCUT2D eigenvalue weighted by atomic mass is 10.2. The van der Waals surface area contributed by atoms with Gasteiger partial charge in [0.25, 0.3) is 0 Å². The summed E-state index contributed by atoms with van der Waals surface area (Å²) in [5, 5.41) is 11.8. The predicted octanol–water partition coefficient (Wildman–Crippen LogP) is 0.0935. The summed E-state index contributed by atoms with van der Waals surface area (Å²) in [4.78, 5) is 0. The van der Waals surface area contributed by atoms with Gasteiger partial charge in [-0.25, -0.2) is 0 Å². The molecule has 0 unspecified atom stereocenters. The molecule has 0 aromatic heterocycles. The molecule has 48 valence electrons. The molecule has 0 radical (unpaired) electrons. The Balaban J connectivity index is 3.38. The normalized spacial score (nSPS) is 12.0. The maximum absolute atomic E-state index is 8.45. The first kappa shape index (κ1) is 7.43. The fraction of sp³-hybridized carbons (Fsp3) is 0.800. The van der Waals surface area contributed by atoms with Crippen LogP contribution in [0.5, 0.6) is 0 Å². The number of hydrogen-bond acceptors (Lipinski definition) is 3. The van der Waals surface area contributed by atoms with Gasteiger partial charge in [-0.3, -0.25) is 0 Å². The maximum Gasteiger partial charge on any atom is 0.0831 e. The van der Waals surface area contributed by atoms with Crippen LogP contribution in [0.4, 0.5) is 0 Å². The van der Waals surface area contributed by atoms with Gasteiger partial charge < -0.3 is 10.9 Å². The molecule has 0 aliphatic heterocycles. The van der Waals surface area contributed by atoms with E-state index in [1.165, 1.54) is 0 Å². The molecular weight excluding hydrogens is 104 g/mol. The third-order valence-electron chi connectivity index (χ3n) is 0.904. The Morgan fingerprint density at radius 3 is 2.50 bits per heavy atom. The Hall–Kier alpha value is -0.570. The van der Waals surface area contributed by atoms with Crippen molar-refractivity contribution in [2.45, 2.75) is 19.8 Å². The number of rotatable bonds is 3. The highest BCUT2D eigenvalue weighted by molar-refractivity contribution is 5.85. The van der Waals surface area contributed by atoms with Crippen molar-refractivity contribution >= 4 is 5.71 Å². The molecule has 0 heterocycles. The predicted molar refractivity (Wildman–Crippen MR) is 33.6 cm³/mol. The lowest BCUT2D eigenvalue weighted by Gasteiger charge is -1.94. The minimum absolute atomic E-state index is 0.00958. The SMILES string of the molecule is CCCC(CO)=NN. The van der Waals surface area contributed by atoms with Gasteiger partial charge in [-0.1, -0.05) is 13.3 Å². The minimum Gasteiger partial charge on any atom is -0.390 e. The average Bonchev–Trinajstić information content (AvgIpc) is 1.83. The molecule has 0 aliphatic carbocycles. The van der Waals surface area contributed by atoms with E-state index in [0.717, 1.165) is 12.8 Å². The lowest BCUT2D eigenvalue weighted by Crippen LogP contribution is -2.06. The second-order valence-corrected chi connectivity index (χ2v) is 1.60. The van der Waals surface area contributed by atoms with Gasteiger partial charge in [0.1, 0.15) is 0 Å². The molecule has 3 N–H and O–H groups in total. The molecule has 3 nitrogen and oxygen atoms in total. The summed E-state index contributed by atoms with van der Waals surface area (Å²) in [6, 6.07) is 0. The Morgan fingerprint density at radius 2 is 2.38 bits per heavy atom. The van der Waals surface area contributed by atoms with Crippen molar-refractivity contribution in [3.63, 3.8) is 0 Å². The van der Waals surface area contributed by atoms with Crippen LogP contribution in [0.15, 0.2) is 5.10 Å². The molecule has 0 atom stereocenters. The standard InChI is InChI=1S/C5H12N2O/c1-2-3-5(4-8)7-6/h8H,2-4,6H2,1H3. The average molecular weight is 116 g/mol. The number of nitrogens with zero attached hydrogens (tertiary/aromatic N) is 1. The lowest BCUT2D eigenvalue weighted by molar-refractivity contribution is 0.354. The van der Waals surface area contributed by atoms with E-state index in [1.807, 2.05) is 6.92 Å². The Kier molecular flexibility index (Phi) is 4.26. The van der Waals surface area contributed by atoms with E-state index in [9.17, 15) is 0 Å². The van der Waals surface area contributed by atoms with Crippen LogP contribution in [-0.2, 0) is 0 Å². The highest BCUT2D eigenvalue weighted by atomic mass is 16.3. The molecule has 0 rings (SSSR count). The first-order valence-corrected chi connectivity index (χ1v) is 2.71. The number of hydrogen-bond donors (Lipinski definition) is 2. The van der Waals surface area contributed by atoms with E-state index in [4.69, 9.17) is 10.9 Å². The molecule has 0 aromatic carbocycles. The fourth-order valence-corrected chi connectivity index (χ4v) is 0.473. The van der Waals surface area contributed by atoms with Crippen molar-refractivity contribution in [1.82, 2.24) is 0 Å². The van der Waals surface area contributed by atoms with Gasteiger partial charge in [0.15, 0.2) is 0 Å². The summed E-state index contributed by atoms with van der Waals surface area (Å²) in [6.45, 7) is 2.01. The quantitative estimate of drug-likeness (QED) is 0.312. The zero-order valence-corrected chi connectivity index (χ0v) is 5.09. The highest BCUT2D eigenvalue weighted by Crippen LogP contribution is 1.88. The Morgan fingerprint density at radius 1 is 1.75 bits per heavy atom. The molecule has 0 amide bonds. The molecule has 0 bridgehead atoms. The summed E-state index contributed by atoms with van der Waals surface area (Å²) in [6.07, 6.45) is 1.78. The van der Waals surface area contributed by atoms with E-state index in [0.29, 0.717) is 5.71 Å². The van der Waals surface area contributed by atoms with Crippen molar-refractivity contribution < 1.29 is 5.11 Å². The molecule has 8 heavy (non-hydrogen) atoms. The van der Waals surface area contributed by atoms with Gasteiger partial charge in [0.2, 0.25) is 0 Å². The number of hydrazone groups is 1. The molecular formula is C5H12N2O. The van der Waals surface area contributed by atoms with Crippen LogP contribution in [0.1, 0.15) is 19.8 Å². The second kappa shape index (κ2) is 4.59. The maximum atomic E-state index is 8.45. The number of aliphatic hydroxyl groups is 1. The summed E-state index contributed by atoms with van der Waals surface area (Å²) >= 11 is 0. The largest absolute Gasteiger partial charge is 0.390 e. The Labute approximate surface area is 49.2 Å². The summed E-state index contributed by atoms with van der Waals surface area (Å²) in [5.74, 6) is 4.90. The molecule has 0 spiro atoms. The number of nitrogens with two attached hydrogens (primary N) is 1. The Bertz CT molecular complexity index is 80.5. The van der Waals surface area contributed by atoms with Crippen molar-refractivity contribution in [2.75, 3.05) is 6.61 Å². The van der Waals surface area contributed by atoms with Crippen molar-refractivity contribution in [3.05, 3.63) is 0 Å². The summed E-state index contributed by atoms with van der Waals surface area (Å²) < 4.78 is 0. The number of aliphatic hydroxyl groups excluding tert-OH is 1. The molecule has 0 saturated heterocycles. The highest BCUT2D eigenvalue weighted by Gasteiger charge is 1.91. The first-order valence-electron chi connectivity index (χ1n) is 2.71. The zero-order valence-electron chi connectivity index (χ0n) is 5.09. The minimum atomic E-state index is -0.00958. The molecule has 3 heteroatoms. The topological polar surface area (TPSA) is 58.6 Å². The summed E-state index contributed by atoms with van der Waals surface area (Å²) in [5.41, 5.74) is 0.674. The van der Waals surface area contributed by atoms with Crippen LogP contribution < -0.4 is 5.84 Å². The van der Waals surface area contributed by atoms with Crippen LogP contribution >= 0.6 is 0 Å². The molecule has 0 fully saturated rings. The summed E-state index contributed by atoms with van der Waals surface area (Å²) in [7, 11) is 0. The van der Waals surface area contributed by atoms with Gasteiger partial charge in [-0.2, -0.15) is 5.10 Å². The van der Waals surface area contributed by atoms with E-state index >= 15 is 0 Å². The molecule has 0 aromatic rings. The van der Waals surface area contributed by atoms with Crippen LogP contribution in [-0.4, -0.2) is 17.4 Å². The van der Waals surface area contributed by atoms with Gasteiger partial charge >= 0.3 is 0 Å². The van der Waals surface area contributed by atoms with Crippen LogP contribution in [0.3, 0.4) is 0 Å². The van der Waals surface area contributed by atoms with Gasteiger partial charge in [0, 0.05) is 0 Å². The molecule has 0 saturated carbocycles. The molecule has 0 aliphatic rings. The van der Waals surface area contributed by atoms with E-state index in [1.54, 1.807) is 0 Å². The van der Waals surface area contributed by atoms with Crippen molar-refractivity contribution in [1.29, 1.82) is 0 Å². The van der Waals surface area contributed by atoms with Crippen molar-refractivity contribution in [3.8, 4) is 0 Å². The van der Waals surface area contributed by atoms with E-state index in [-0.39, 0.29) is 6.61 Å². The van der Waals surface area contributed by atoms with Crippen LogP contribution in [0, 0.1) is 0 Å². The monoisotopic (exact) mass is 116 g/mol. The first-order chi connectivity index (χ1) is 3.85. The zero-order chi connectivity index (χ0) is 6.41. The van der Waals surface area contributed by atoms with E-state index < -0.39 is 0 Å². The van der Waals surface area contributed by atoms with Crippen LogP contribution in [0.2, 0.25) is 0 Å². The van der Waals surface area contributed by atoms with Gasteiger partial charge in [-0.15, -0.1) is 0 Å². The van der Waals surface area contributed by atoms with E-state index in [2.05, 4.69) is 5.10 Å². The second-order valence-electron chi connectivity index (χ2n) is 1.60. The third-order valence-corrected chi connectivity index (χ3v) is 0.904. The smallest absolute Gasteiger partial charge is 0.0831 e. The van der Waals surface area contributed by atoms with Gasteiger partial charge in [0.05, 0.1) is 12.3 Å². The van der Waals surface area contributed by atoms with Crippen LogP contribution in [0.25, 0.3) is 0 Å². The third kappa shape index (κ3) is 2.58. The van der Waals surface area contributed by atoms with Gasteiger partial charge in [-0.05, 0) is 6.42 Å². The van der Waals surface area contributed by atoms with Crippen molar-refractivity contribution in [2.24, 2.45) is 10.9 Å². The fourth-order valence-electron chi connectivity index (χ4n) is 0.473.